The third-order valence-electron chi connectivity index (χ3n) is 4.44. The van der Waals surface area contributed by atoms with Crippen LogP contribution in [0.4, 0.5) is 5.69 Å². The second kappa shape index (κ2) is 8.65. The number of nitrogens with zero attached hydrogens (tertiary/aromatic N) is 1. The number of aromatic nitrogens is 1. The lowest BCUT2D eigenvalue weighted by Gasteiger charge is -2.13. The van der Waals surface area contributed by atoms with Crippen molar-refractivity contribution in [2.45, 2.75) is 20.5 Å². The van der Waals surface area contributed by atoms with Crippen molar-refractivity contribution in [2.75, 3.05) is 12.4 Å². The maximum atomic E-state index is 12.6. The number of anilines is 1. The van der Waals surface area contributed by atoms with Gasteiger partial charge in [0.1, 0.15) is 18.1 Å². The fourth-order valence-electron chi connectivity index (χ4n) is 3.11. The molecule has 3 rings (SSSR count). The summed E-state index contributed by atoms with van der Waals surface area (Å²) in [5, 5.41) is 2.84. The molecule has 6 heteroatoms. The summed E-state index contributed by atoms with van der Waals surface area (Å²) in [5.41, 5.74) is 3.58. The second-order valence-corrected chi connectivity index (χ2v) is 6.97. The Bertz CT molecular complexity index is 1080. The average molecular weight is 392 g/mol. The molecule has 0 saturated heterocycles. The minimum atomic E-state index is -0.353. The van der Waals surface area contributed by atoms with E-state index in [9.17, 15) is 9.59 Å². The summed E-state index contributed by atoms with van der Waals surface area (Å²) >= 11 is 0. The molecule has 1 aromatic heterocycles. The van der Waals surface area contributed by atoms with Gasteiger partial charge in [-0.1, -0.05) is 18.2 Å². The molecule has 3 aromatic rings. The van der Waals surface area contributed by atoms with E-state index in [4.69, 9.17) is 9.47 Å². The lowest BCUT2D eigenvalue weighted by atomic mass is 10.1. The molecule has 0 saturated carbocycles. The van der Waals surface area contributed by atoms with E-state index in [-0.39, 0.29) is 29.4 Å². The number of carbonyl (C=O) groups excluding carboxylic acids is 1. The van der Waals surface area contributed by atoms with E-state index in [0.717, 1.165) is 22.4 Å². The van der Waals surface area contributed by atoms with Crippen LogP contribution in [0.15, 0.2) is 59.5 Å². The van der Waals surface area contributed by atoms with Crippen LogP contribution in [0.5, 0.6) is 11.5 Å². The van der Waals surface area contributed by atoms with Gasteiger partial charge in [-0.15, -0.1) is 0 Å². The van der Waals surface area contributed by atoms with E-state index < -0.39 is 0 Å². The third kappa shape index (κ3) is 5.04. The molecule has 29 heavy (non-hydrogen) atoms. The van der Waals surface area contributed by atoms with Crippen LogP contribution in [-0.2, 0) is 13.7 Å². The quantitative estimate of drug-likeness (QED) is 0.692. The molecule has 150 valence electrons. The van der Waals surface area contributed by atoms with Crippen molar-refractivity contribution in [2.24, 2.45) is 7.05 Å². The van der Waals surface area contributed by atoms with Crippen LogP contribution in [0.1, 0.15) is 27.2 Å². The maximum Gasteiger partial charge on any atom is 0.272 e. The molecule has 0 bridgehead atoms. The van der Waals surface area contributed by atoms with Gasteiger partial charge < -0.3 is 19.4 Å². The summed E-state index contributed by atoms with van der Waals surface area (Å²) < 4.78 is 12.4. The van der Waals surface area contributed by atoms with Crippen molar-refractivity contribution >= 4 is 11.6 Å². The summed E-state index contributed by atoms with van der Waals surface area (Å²) in [7, 11) is 3.30. The van der Waals surface area contributed by atoms with Gasteiger partial charge in [0, 0.05) is 18.8 Å². The van der Waals surface area contributed by atoms with Crippen LogP contribution in [0, 0.1) is 13.8 Å². The molecule has 0 aliphatic rings. The molecule has 1 heterocycles. The fourth-order valence-corrected chi connectivity index (χ4v) is 3.11. The maximum absolute atomic E-state index is 12.6. The predicted octanol–water partition coefficient (Wildman–Crippen LogP) is 3.84. The highest BCUT2D eigenvalue weighted by Crippen LogP contribution is 2.17. The molecular formula is C23H24N2O4. The highest BCUT2D eigenvalue weighted by molar-refractivity contribution is 6.03. The minimum absolute atomic E-state index is 0.179. The van der Waals surface area contributed by atoms with Gasteiger partial charge in [-0.2, -0.15) is 0 Å². The van der Waals surface area contributed by atoms with E-state index in [1.807, 2.05) is 56.3 Å². The Balaban J connectivity index is 1.76. The number of methoxy groups -OCH3 is 1. The normalized spacial score (nSPS) is 10.5. The fraction of sp³-hybridized carbons (Fsp3) is 0.217. The Labute approximate surface area is 169 Å². The molecule has 6 nitrogen and oxygen atoms in total. The number of pyridine rings is 1. The smallest absolute Gasteiger partial charge is 0.272 e. The molecular weight excluding hydrogens is 368 g/mol. The first-order chi connectivity index (χ1) is 13.9. The third-order valence-corrected chi connectivity index (χ3v) is 4.44. The van der Waals surface area contributed by atoms with E-state index in [1.54, 1.807) is 18.7 Å². The topological polar surface area (TPSA) is 69.6 Å². The first-order valence-corrected chi connectivity index (χ1v) is 9.22. The molecule has 0 radical (unpaired) electrons. The Kier molecular flexibility index (Phi) is 6.02. The van der Waals surface area contributed by atoms with Crippen molar-refractivity contribution < 1.29 is 14.3 Å². The van der Waals surface area contributed by atoms with E-state index in [0.29, 0.717) is 5.69 Å². The number of rotatable bonds is 6. The lowest BCUT2D eigenvalue weighted by molar-refractivity contribution is 0.101. The molecule has 0 atom stereocenters. The van der Waals surface area contributed by atoms with Gasteiger partial charge >= 0.3 is 0 Å². The van der Waals surface area contributed by atoms with Crippen LogP contribution in [0.2, 0.25) is 0 Å². The number of nitrogens with one attached hydrogen (secondary N) is 1. The largest absolute Gasteiger partial charge is 0.497 e. The first kappa shape index (κ1) is 20.2. The number of aryl methyl sites for hydroxylation is 3. The van der Waals surface area contributed by atoms with Gasteiger partial charge in [0.05, 0.1) is 13.3 Å². The Morgan fingerprint density at radius 2 is 1.79 bits per heavy atom. The molecule has 0 spiro atoms. The molecule has 0 unspecified atom stereocenters. The summed E-state index contributed by atoms with van der Waals surface area (Å²) in [5.74, 6) is 0.546. The predicted molar refractivity (Wildman–Crippen MR) is 113 cm³/mol. The van der Waals surface area contributed by atoms with Gasteiger partial charge in [0.25, 0.3) is 5.91 Å². The number of carbonyl (C=O) groups is 1. The summed E-state index contributed by atoms with van der Waals surface area (Å²) in [6.45, 7) is 4.15. The minimum Gasteiger partial charge on any atom is -0.497 e. The van der Waals surface area contributed by atoms with Crippen LogP contribution < -0.4 is 20.2 Å². The van der Waals surface area contributed by atoms with E-state index in [2.05, 4.69) is 5.32 Å². The van der Waals surface area contributed by atoms with Gasteiger partial charge in [-0.05, 0) is 54.8 Å². The van der Waals surface area contributed by atoms with Crippen LogP contribution >= 0.6 is 0 Å². The zero-order valence-corrected chi connectivity index (χ0v) is 17.0. The van der Waals surface area contributed by atoms with Gasteiger partial charge in [-0.3, -0.25) is 9.59 Å². The van der Waals surface area contributed by atoms with Gasteiger partial charge in [-0.25, -0.2) is 0 Å². The van der Waals surface area contributed by atoms with Gasteiger partial charge in [0.15, 0.2) is 5.75 Å². The van der Waals surface area contributed by atoms with E-state index >= 15 is 0 Å². The SMILES string of the molecule is COc1cccc(COc2cn(C)c(C(=O)Nc3cc(C)cc(C)c3)cc2=O)c1. The second-order valence-electron chi connectivity index (χ2n) is 6.97. The van der Waals surface area contributed by atoms with Crippen molar-refractivity contribution in [1.29, 1.82) is 0 Å². The van der Waals surface area contributed by atoms with Crippen molar-refractivity contribution in [3.8, 4) is 11.5 Å². The highest BCUT2D eigenvalue weighted by Gasteiger charge is 2.13. The monoisotopic (exact) mass is 392 g/mol. The Hall–Kier alpha value is -3.54. The van der Waals surface area contributed by atoms with Crippen molar-refractivity contribution in [3.05, 3.63) is 87.3 Å². The number of hydrogen-bond donors (Lipinski definition) is 1. The molecule has 0 aliphatic heterocycles. The molecule has 2 aromatic carbocycles. The lowest BCUT2D eigenvalue weighted by Crippen LogP contribution is -2.21. The number of benzene rings is 2. The van der Waals surface area contributed by atoms with Crippen molar-refractivity contribution in [1.82, 2.24) is 4.57 Å². The average Bonchev–Trinajstić information content (AvgIpc) is 2.67. The molecule has 0 fully saturated rings. The molecule has 1 N–H and O–H groups in total. The number of hydrogen-bond acceptors (Lipinski definition) is 4. The van der Waals surface area contributed by atoms with Crippen LogP contribution in [0.3, 0.4) is 0 Å². The Morgan fingerprint density at radius 1 is 1.07 bits per heavy atom. The zero-order valence-electron chi connectivity index (χ0n) is 17.0. The summed E-state index contributed by atoms with van der Waals surface area (Å²) in [6, 6.07) is 14.5. The number of ether oxygens (including phenoxy) is 2. The van der Waals surface area contributed by atoms with E-state index in [1.165, 1.54) is 12.3 Å². The number of amides is 1. The van der Waals surface area contributed by atoms with Gasteiger partial charge in [0.2, 0.25) is 5.43 Å². The zero-order chi connectivity index (χ0) is 21.0. The highest BCUT2D eigenvalue weighted by atomic mass is 16.5. The van der Waals surface area contributed by atoms with Crippen LogP contribution in [-0.4, -0.2) is 17.6 Å². The molecule has 0 aliphatic carbocycles. The Morgan fingerprint density at radius 3 is 2.48 bits per heavy atom. The molecule has 1 amide bonds. The summed E-state index contributed by atoms with van der Waals surface area (Å²) in [6.07, 6.45) is 1.53. The summed E-state index contributed by atoms with van der Waals surface area (Å²) in [4.78, 5) is 25.1. The van der Waals surface area contributed by atoms with Crippen molar-refractivity contribution in [3.63, 3.8) is 0 Å². The standard InChI is InChI=1S/C23H24N2O4/c1-15-8-16(2)10-18(9-15)24-23(27)20-12-21(26)22(13-25(20)3)29-14-17-6-5-7-19(11-17)28-4/h5-13H,14H2,1-4H3,(H,24,27). The van der Waals surface area contributed by atoms with Crippen LogP contribution in [0.25, 0.3) is 0 Å². The first-order valence-electron chi connectivity index (χ1n) is 9.22.